The van der Waals surface area contributed by atoms with E-state index in [9.17, 15) is 0 Å². The maximum absolute atomic E-state index is 4.55. The SMILES string of the molecule is [CH2-][NH2+]c1c(N=Nc2c(C(C)(C)C)[n-][n+]3[n-]c(C)nc23)n[nH]c1C(C)(C)C. The van der Waals surface area contributed by atoms with E-state index in [0.717, 1.165) is 17.1 Å². The van der Waals surface area contributed by atoms with E-state index in [1.165, 1.54) is 4.63 Å². The molecule has 0 amide bonds. The van der Waals surface area contributed by atoms with Gasteiger partial charge in [-0.15, -0.1) is 22.4 Å². The van der Waals surface area contributed by atoms with Crippen molar-refractivity contribution in [2.45, 2.75) is 59.3 Å². The number of hydrogen-bond donors (Lipinski definition) is 2. The Labute approximate surface area is 152 Å². The van der Waals surface area contributed by atoms with Gasteiger partial charge in [0.1, 0.15) is 5.69 Å². The van der Waals surface area contributed by atoms with Crippen molar-refractivity contribution >= 4 is 22.8 Å². The van der Waals surface area contributed by atoms with Gasteiger partial charge in [-0.3, -0.25) is 5.10 Å². The molecule has 0 saturated carbocycles. The molecule has 0 aliphatic heterocycles. The van der Waals surface area contributed by atoms with Crippen molar-refractivity contribution < 1.29 is 9.95 Å². The van der Waals surface area contributed by atoms with Gasteiger partial charge < -0.3 is 20.1 Å². The molecule has 0 aromatic carbocycles. The molecule has 0 radical (unpaired) electrons. The van der Waals surface area contributed by atoms with Crippen molar-refractivity contribution in [1.29, 1.82) is 0 Å². The van der Waals surface area contributed by atoms with Crippen LogP contribution in [0, 0.1) is 14.0 Å². The highest BCUT2D eigenvalue weighted by molar-refractivity contribution is 5.64. The highest BCUT2D eigenvalue weighted by Gasteiger charge is 2.26. The second-order valence-electron chi connectivity index (χ2n) is 8.41. The number of aromatic nitrogens is 6. The van der Waals surface area contributed by atoms with Gasteiger partial charge in [-0.25, -0.2) is 0 Å². The van der Waals surface area contributed by atoms with E-state index in [-0.39, 0.29) is 10.8 Å². The molecule has 140 valence electrons. The lowest BCUT2D eigenvalue weighted by atomic mass is 9.91. The van der Waals surface area contributed by atoms with Crippen LogP contribution >= 0.6 is 0 Å². The lowest BCUT2D eigenvalue weighted by molar-refractivity contribution is -0.649. The van der Waals surface area contributed by atoms with Crippen LogP contribution in [0.4, 0.5) is 17.2 Å². The van der Waals surface area contributed by atoms with Crippen LogP contribution in [0.25, 0.3) is 5.65 Å². The zero-order valence-corrected chi connectivity index (χ0v) is 16.4. The number of quaternary nitrogens is 1. The summed E-state index contributed by atoms with van der Waals surface area (Å²) in [5.74, 6) is 1.14. The zero-order chi connectivity index (χ0) is 19.3. The Morgan fingerprint density at radius 1 is 1.08 bits per heavy atom. The van der Waals surface area contributed by atoms with E-state index in [2.05, 4.69) is 84.2 Å². The third-order valence-electron chi connectivity index (χ3n) is 4.02. The van der Waals surface area contributed by atoms with Crippen LogP contribution in [0.3, 0.4) is 0 Å². The number of fused-ring (bicyclic) bond motifs is 1. The van der Waals surface area contributed by atoms with Gasteiger partial charge >= 0.3 is 5.65 Å². The van der Waals surface area contributed by atoms with Gasteiger partial charge in [-0.1, -0.05) is 52.2 Å². The van der Waals surface area contributed by atoms with Crippen LogP contribution in [0.5, 0.6) is 0 Å². The Bertz CT molecular complexity index is 957. The lowest BCUT2D eigenvalue weighted by Gasteiger charge is -2.23. The fraction of sp³-hybridized carbons (Fsp3) is 0.529. The van der Waals surface area contributed by atoms with Crippen LogP contribution < -0.4 is 20.1 Å². The zero-order valence-electron chi connectivity index (χ0n) is 16.4. The molecule has 3 aromatic rings. The van der Waals surface area contributed by atoms with Crippen molar-refractivity contribution in [3.63, 3.8) is 0 Å². The maximum Gasteiger partial charge on any atom is 0.325 e. The summed E-state index contributed by atoms with van der Waals surface area (Å²) < 4.78 is 1.52. The van der Waals surface area contributed by atoms with Gasteiger partial charge in [0.05, 0.1) is 5.82 Å². The molecule has 0 spiro atoms. The maximum atomic E-state index is 4.55. The smallest absolute Gasteiger partial charge is 0.325 e. The minimum atomic E-state index is -0.214. The normalized spacial score (nSPS) is 13.4. The summed E-state index contributed by atoms with van der Waals surface area (Å²) >= 11 is 0. The van der Waals surface area contributed by atoms with Gasteiger partial charge in [0.2, 0.25) is 0 Å². The monoisotopic (exact) mass is 356 g/mol. The van der Waals surface area contributed by atoms with E-state index in [1.54, 1.807) is 5.32 Å². The summed E-state index contributed by atoms with van der Waals surface area (Å²) in [7, 11) is 3.89. The molecule has 9 nitrogen and oxygen atoms in total. The first kappa shape index (κ1) is 18.2. The number of H-pyrrole nitrogens is 1. The summed E-state index contributed by atoms with van der Waals surface area (Å²) in [6.07, 6.45) is 0. The first-order valence-corrected chi connectivity index (χ1v) is 8.56. The standard InChI is InChI=1S/C17H26N9/c1-9-19-15-11(13(17(5,6)7)25-26(15)24-9)20-22-14-10(18-8)12(21-23-14)16(2,3)4/h8,18H2,1-7H3,(H-,19,21,23,24)/q-1. The van der Waals surface area contributed by atoms with Gasteiger partial charge in [0.25, 0.3) is 5.82 Å². The lowest BCUT2D eigenvalue weighted by Crippen LogP contribution is -2.70. The fourth-order valence-corrected chi connectivity index (χ4v) is 2.75. The quantitative estimate of drug-likeness (QED) is 0.422. The molecule has 0 aliphatic rings. The van der Waals surface area contributed by atoms with Crippen LogP contribution in [0.1, 0.15) is 58.8 Å². The van der Waals surface area contributed by atoms with Gasteiger partial charge in [0, 0.05) is 5.41 Å². The molecular formula is C17H26N9-. The summed E-state index contributed by atoms with van der Waals surface area (Å²) in [5, 5.41) is 26.8. The van der Waals surface area contributed by atoms with Crippen molar-refractivity contribution in [3.8, 4) is 0 Å². The molecule has 0 aliphatic carbocycles. The molecule has 3 heterocycles. The van der Waals surface area contributed by atoms with Crippen molar-refractivity contribution in [1.82, 2.24) is 25.4 Å². The second-order valence-corrected chi connectivity index (χ2v) is 8.41. The predicted molar refractivity (Wildman–Crippen MR) is 95.9 cm³/mol. The third-order valence-corrected chi connectivity index (χ3v) is 4.02. The molecule has 0 unspecified atom stereocenters. The first-order chi connectivity index (χ1) is 12.0. The number of nitrogens with one attached hydrogen (secondary N) is 1. The number of nitrogens with two attached hydrogens (primary N) is 1. The number of azo groups is 1. The van der Waals surface area contributed by atoms with E-state index in [0.29, 0.717) is 23.0 Å². The molecule has 0 bridgehead atoms. The molecule has 0 atom stereocenters. The van der Waals surface area contributed by atoms with E-state index in [1.807, 2.05) is 6.92 Å². The number of rotatable bonds is 3. The molecule has 0 fully saturated rings. The Balaban J connectivity index is 2.10. The summed E-state index contributed by atoms with van der Waals surface area (Å²) in [6.45, 7) is 14.4. The van der Waals surface area contributed by atoms with Crippen LogP contribution in [0.2, 0.25) is 0 Å². The van der Waals surface area contributed by atoms with Crippen molar-refractivity contribution in [2.24, 2.45) is 10.2 Å². The van der Waals surface area contributed by atoms with Gasteiger partial charge in [0.15, 0.2) is 11.4 Å². The Hall–Kier alpha value is -2.55. The molecule has 0 saturated heterocycles. The Morgan fingerprint density at radius 3 is 2.35 bits per heavy atom. The molecule has 3 rings (SSSR count). The molecule has 26 heavy (non-hydrogen) atoms. The average Bonchev–Trinajstić information content (AvgIpc) is 3.15. The number of aryl methyl sites for hydroxylation is 1. The average molecular weight is 356 g/mol. The third kappa shape index (κ3) is 3.14. The van der Waals surface area contributed by atoms with Crippen LogP contribution in [0.15, 0.2) is 10.2 Å². The summed E-state index contributed by atoms with van der Waals surface area (Å²) in [4.78, 5) is 4.43. The van der Waals surface area contributed by atoms with Crippen LogP contribution in [-0.4, -0.2) is 15.2 Å². The molecule has 3 N–H and O–H groups in total. The van der Waals surface area contributed by atoms with Crippen molar-refractivity contribution in [3.05, 3.63) is 24.3 Å². The first-order valence-electron chi connectivity index (χ1n) is 8.56. The number of nitrogens with zero attached hydrogens (tertiary/aromatic N) is 7. The molecule has 9 heteroatoms. The van der Waals surface area contributed by atoms with Gasteiger partial charge in [-0.2, -0.15) is 0 Å². The van der Waals surface area contributed by atoms with Gasteiger partial charge in [-0.05, 0) is 12.3 Å². The van der Waals surface area contributed by atoms with E-state index in [4.69, 9.17) is 0 Å². The van der Waals surface area contributed by atoms with E-state index >= 15 is 0 Å². The molecular weight excluding hydrogens is 330 g/mol. The largest absolute Gasteiger partial charge is 0.509 e. The minimum absolute atomic E-state index is 0.0971. The fourth-order valence-electron chi connectivity index (χ4n) is 2.75. The minimum Gasteiger partial charge on any atom is -0.509 e. The number of aromatic amines is 1. The number of hydrogen-bond acceptors (Lipinski definition) is 4. The summed E-state index contributed by atoms with van der Waals surface area (Å²) in [5.41, 5.74) is 3.53. The Morgan fingerprint density at radius 2 is 1.77 bits per heavy atom. The topological polar surface area (TPSA) is 115 Å². The second kappa shape index (κ2) is 6.01. The Kier molecular flexibility index (Phi) is 4.22. The molecule has 3 aromatic heterocycles. The van der Waals surface area contributed by atoms with Crippen LogP contribution in [-0.2, 0) is 10.8 Å². The highest BCUT2D eigenvalue weighted by Crippen LogP contribution is 2.35. The predicted octanol–water partition coefficient (Wildman–Crippen LogP) is 1.76. The highest BCUT2D eigenvalue weighted by atomic mass is 15.5. The summed E-state index contributed by atoms with van der Waals surface area (Å²) in [6, 6.07) is 0. The van der Waals surface area contributed by atoms with Crippen molar-refractivity contribution in [2.75, 3.05) is 0 Å². The van der Waals surface area contributed by atoms with E-state index < -0.39 is 0 Å².